The molecule has 0 saturated carbocycles. The van der Waals surface area contributed by atoms with Crippen LogP contribution in [0, 0.1) is 5.82 Å². The Morgan fingerprint density at radius 2 is 1.80 bits per heavy atom. The third kappa shape index (κ3) is 6.53. The lowest BCUT2D eigenvalue weighted by Crippen LogP contribution is -2.55. The maximum absolute atomic E-state index is 14.4. The molecule has 0 aliphatic carbocycles. The molecule has 1 heterocycles. The van der Waals surface area contributed by atoms with Gasteiger partial charge in [0.05, 0.1) is 37.6 Å². The minimum atomic E-state index is -1.12. The lowest BCUT2D eigenvalue weighted by Gasteiger charge is -2.27. The highest BCUT2D eigenvalue weighted by atomic mass is 79.9. The van der Waals surface area contributed by atoms with Gasteiger partial charge < -0.3 is 25.2 Å². The number of likely N-dealkylation sites (N-methyl/N-ethyl adjacent to an activating group) is 1. The van der Waals surface area contributed by atoms with Crippen LogP contribution in [0.3, 0.4) is 0 Å². The largest absolute Gasteiger partial charge is 0.496 e. The van der Waals surface area contributed by atoms with Crippen molar-refractivity contribution in [2.45, 2.75) is 25.6 Å². The summed E-state index contributed by atoms with van der Waals surface area (Å²) >= 11 is 10.1. The van der Waals surface area contributed by atoms with Crippen molar-refractivity contribution in [2.24, 2.45) is 0 Å². The molecular formula is C32H30BrCl2FN4O4. The number of carbonyl (C=O) groups excluding carboxylic acids is 3. The Morgan fingerprint density at radius 1 is 1.07 bits per heavy atom. The number of benzene rings is 4. The van der Waals surface area contributed by atoms with E-state index in [-0.39, 0.29) is 31.1 Å². The molecule has 230 valence electrons. The highest BCUT2D eigenvalue weighted by Crippen LogP contribution is 2.40. The number of halogens is 4. The molecule has 0 saturated heterocycles. The maximum Gasteiger partial charge on any atom is 0.258 e. The lowest BCUT2D eigenvalue weighted by atomic mass is 10.0. The summed E-state index contributed by atoms with van der Waals surface area (Å²) in [5.74, 6) is -1.24. The van der Waals surface area contributed by atoms with Crippen molar-refractivity contribution in [1.82, 2.24) is 10.6 Å². The Bertz CT molecular complexity index is 1720. The van der Waals surface area contributed by atoms with E-state index in [0.717, 1.165) is 20.8 Å². The summed E-state index contributed by atoms with van der Waals surface area (Å²) < 4.78 is 20.3. The molecule has 0 bridgehead atoms. The number of hydrogen-bond acceptors (Lipinski definition) is 5. The zero-order valence-corrected chi connectivity index (χ0v) is 27.2. The first kappa shape index (κ1) is 33.2. The fourth-order valence-corrected chi connectivity index (χ4v) is 5.78. The molecule has 2 atom stereocenters. The van der Waals surface area contributed by atoms with Crippen LogP contribution in [0.2, 0.25) is 5.02 Å². The summed E-state index contributed by atoms with van der Waals surface area (Å²) in [6.45, 7) is 1.55. The van der Waals surface area contributed by atoms with Gasteiger partial charge in [-0.15, -0.1) is 12.4 Å². The molecular weight excluding hydrogens is 674 g/mol. The molecule has 2 N–H and O–H groups in total. The SMILES string of the molecule is CN[C@@H](C)C(=O)N[C@H]1CN(C(=O)c2ccc(F)cc2)c2cc(Cl)ccc2N(Cc2c(OC)ccc3c(Br)cccc23)C1=O.Cl. The van der Waals surface area contributed by atoms with Gasteiger partial charge in [0.25, 0.3) is 11.8 Å². The average molecular weight is 704 g/mol. The Balaban J connectivity index is 0.00000442. The van der Waals surface area contributed by atoms with Crippen LogP contribution in [0.25, 0.3) is 10.8 Å². The number of fused-ring (bicyclic) bond motifs is 2. The molecule has 44 heavy (non-hydrogen) atoms. The van der Waals surface area contributed by atoms with E-state index in [0.29, 0.717) is 22.1 Å². The van der Waals surface area contributed by atoms with Crippen molar-refractivity contribution in [1.29, 1.82) is 0 Å². The molecule has 0 spiro atoms. The molecule has 0 radical (unpaired) electrons. The Morgan fingerprint density at radius 3 is 2.48 bits per heavy atom. The standard InChI is InChI=1S/C32H29BrClFN4O4.ClH/c1-18(36-2)30(40)37-26-17-39(31(41)19-7-10-21(35)11-8-19)28-15-20(34)9-13-27(28)38(32(26)42)16-24-22-5-4-6-25(33)23(22)12-14-29(24)43-3;/h4-15,18,26,36H,16-17H2,1-3H3,(H,37,40);1H/t18-,26-;/m0./s1. The van der Waals surface area contributed by atoms with Gasteiger partial charge in [-0.25, -0.2) is 4.39 Å². The van der Waals surface area contributed by atoms with E-state index in [1.54, 1.807) is 39.3 Å². The second-order valence-electron chi connectivity index (χ2n) is 10.1. The van der Waals surface area contributed by atoms with Crippen LogP contribution in [0.1, 0.15) is 22.8 Å². The topological polar surface area (TPSA) is 91.0 Å². The van der Waals surface area contributed by atoms with Crippen LogP contribution in [0.5, 0.6) is 5.75 Å². The molecule has 8 nitrogen and oxygen atoms in total. The molecule has 5 rings (SSSR count). The van der Waals surface area contributed by atoms with Gasteiger partial charge in [0.15, 0.2) is 0 Å². The first-order valence-corrected chi connectivity index (χ1v) is 14.7. The smallest absolute Gasteiger partial charge is 0.258 e. The van der Waals surface area contributed by atoms with Gasteiger partial charge in [-0.05, 0) is 85.4 Å². The second-order valence-corrected chi connectivity index (χ2v) is 11.4. The monoisotopic (exact) mass is 702 g/mol. The van der Waals surface area contributed by atoms with E-state index >= 15 is 0 Å². The normalized spacial score (nSPS) is 15.2. The number of nitrogens with one attached hydrogen (secondary N) is 2. The van der Waals surface area contributed by atoms with Crippen LogP contribution in [-0.4, -0.2) is 50.5 Å². The minimum Gasteiger partial charge on any atom is -0.496 e. The number of nitrogens with zero attached hydrogens (tertiary/aromatic N) is 2. The summed E-state index contributed by atoms with van der Waals surface area (Å²) in [6.07, 6.45) is 0. The van der Waals surface area contributed by atoms with Crippen molar-refractivity contribution < 1.29 is 23.5 Å². The molecule has 0 unspecified atom stereocenters. The third-order valence-corrected chi connectivity index (χ3v) is 8.47. The van der Waals surface area contributed by atoms with Gasteiger partial charge >= 0.3 is 0 Å². The van der Waals surface area contributed by atoms with Crippen molar-refractivity contribution in [2.75, 3.05) is 30.5 Å². The van der Waals surface area contributed by atoms with Crippen LogP contribution >= 0.6 is 39.9 Å². The van der Waals surface area contributed by atoms with Gasteiger partial charge in [0.1, 0.15) is 17.6 Å². The highest BCUT2D eigenvalue weighted by molar-refractivity contribution is 9.10. The lowest BCUT2D eigenvalue weighted by molar-refractivity contribution is -0.128. The van der Waals surface area contributed by atoms with Crippen molar-refractivity contribution >= 4 is 79.8 Å². The van der Waals surface area contributed by atoms with E-state index in [9.17, 15) is 18.8 Å². The Hall–Kier alpha value is -3.70. The summed E-state index contributed by atoms with van der Waals surface area (Å²) in [5, 5.41) is 7.84. The summed E-state index contributed by atoms with van der Waals surface area (Å²) in [6, 6.07) is 17.9. The molecule has 1 aliphatic heterocycles. The van der Waals surface area contributed by atoms with Gasteiger partial charge in [-0.3, -0.25) is 14.4 Å². The fourth-order valence-electron chi connectivity index (χ4n) is 5.12. The van der Waals surface area contributed by atoms with E-state index < -0.39 is 35.6 Å². The van der Waals surface area contributed by atoms with Crippen molar-refractivity contribution in [3.63, 3.8) is 0 Å². The zero-order chi connectivity index (χ0) is 30.8. The van der Waals surface area contributed by atoms with Crippen LogP contribution < -0.4 is 25.2 Å². The van der Waals surface area contributed by atoms with Crippen LogP contribution in [0.4, 0.5) is 15.8 Å². The fraction of sp³-hybridized carbons (Fsp3) is 0.219. The molecule has 0 aromatic heterocycles. The van der Waals surface area contributed by atoms with Crippen molar-refractivity contribution in [3.8, 4) is 5.75 Å². The predicted molar refractivity (Wildman–Crippen MR) is 177 cm³/mol. The quantitative estimate of drug-likeness (QED) is 0.243. The first-order valence-electron chi connectivity index (χ1n) is 13.5. The van der Waals surface area contributed by atoms with Crippen LogP contribution in [-0.2, 0) is 16.1 Å². The number of anilines is 2. The molecule has 1 aliphatic rings. The average Bonchev–Trinajstić information content (AvgIpc) is 3.11. The molecule has 12 heteroatoms. The number of rotatable bonds is 7. The Labute approximate surface area is 274 Å². The predicted octanol–water partition coefficient (Wildman–Crippen LogP) is 6.11. The van der Waals surface area contributed by atoms with Gasteiger partial charge in [0.2, 0.25) is 5.91 Å². The number of hydrogen-bond donors (Lipinski definition) is 2. The highest BCUT2D eigenvalue weighted by Gasteiger charge is 2.38. The van der Waals surface area contributed by atoms with Crippen LogP contribution in [0.15, 0.2) is 77.3 Å². The van der Waals surface area contributed by atoms with E-state index in [4.69, 9.17) is 16.3 Å². The van der Waals surface area contributed by atoms with Gasteiger partial charge in [-0.1, -0.05) is 39.7 Å². The van der Waals surface area contributed by atoms with Gasteiger partial charge in [-0.2, -0.15) is 0 Å². The summed E-state index contributed by atoms with van der Waals surface area (Å²) in [4.78, 5) is 44.3. The summed E-state index contributed by atoms with van der Waals surface area (Å²) in [7, 11) is 3.20. The minimum absolute atomic E-state index is 0. The molecule has 0 fully saturated rings. The van der Waals surface area contributed by atoms with Gasteiger partial charge in [0, 0.05) is 20.6 Å². The van der Waals surface area contributed by atoms with E-state index in [1.807, 2.05) is 30.3 Å². The first-order chi connectivity index (χ1) is 20.6. The Kier molecular flexibility index (Phi) is 10.5. The second kappa shape index (κ2) is 13.9. The van der Waals surface area contributed by atoms with Crippen molar-refractivity contribution in [3.05, 3.63) is 99.2 Å². The molecule has 3 amide bonds. The number of ether oxygens (including phenoxy) is 1. The number of carbonyl (C=O) groups is 3. The third-order valence-electron chi connectivity index (χ3n) is 7.54. The summed E-state index contributed by atoms with van der Waals surface area (Å²) in [5.41, 5.74) is 1.73. The molecule has 4 aromatic carbocycles. The number of methoxy groups -OCH3 is 1. The number of amides is 3. The molecule has 4 aromatic rings. The maximum atomic E-state index is 14.4. The van der Waals surface area contributed by atoms with E-state index in [2.05, 4.69) is 26.6 Å². The zero-order valence-electron chi connectivity index (χ0n) is 24.1. The van der Waals surface area contributed by atoms with E-state index in [1.165, 1.54) is 34.1 Å².